The number of nitrogens with one attached hydrogen (secondary N) is 1. The summed E-state index contributed by atoms with van der Waals surface area (Å²) in [5.74, 6) is -0.00933. The van der Waals surface area contributed by atoms with Crippen molar-refractivity contribution in [2.24, 2.45) is 0 Å². The average Bonchev–Trinajstić information content (AvgIpc) is 3.38. The molecule has 1 aromatic heterocycles. The lowest BCUT2D eigenvalue weighted by Gasteiger charge is -2.24. The van der Waals surface area contributed by atoms with Crippen molar-refractivity contribution in [2.45, 2.75) is 30.9 Å². The van der Waals surface area contributed by atoms with E-state index in [0.29, 0.717) is 13.2 Å². The fourth-order valence-corrected chi connectivity index (χ4v) is 4.87. The van der Waals surface area contributed by atoms with Crippen molar-refractivity contribution >= 4 is 11.6 Å². The minimum absolute atomic E-state index is 0.00933. The number of fused-ring (bicyclic) bond motifs is 2. The van der Waals surface area contributed by atoms with Crippen LogP contribution in [0.2, 0.25) is 0 Å². The van der Waals surface area contributed by atoms with Crippen molar-refractivity contribution in [3.05, 3.63) is 95.8 Å². The molecule has 0 radical (unpaired) electrons. The van der Waals surface area contributed by atoms with Gasteiger partial charge < -0.3 is 15.0 Å². The highest BCUT2D eigenvalue weighted by Crippen LogP contribution is 2.47. The number of anilines is 1. The summed E-state index contributed by atoms with van der Waals surface area (Å²) >= 11 is 0. The molecule has 3 heterocycles. The van der Waals surface area contributed by atoms with Crippen molar-refractivity contribution in [2.75, 3.05) is 24.6 Å². The number of pyridine rings is 1. The van der Waals surface area contributed by atoms with Gasteiger partial charge in [0.1, 0.15) is 6.10 Å². The second-order valence-corrected chi connectivity index (χ2v) is 8.54. The first kappa shape index (κ1) is 19.8. The summed E-state index contributed by atoms with van der Waals surface area (Å²) in [6, 6.07) is 23.1. The van der Waals surface area contributed by atoms with Gasteiger partial charge in [-0.2, -0.15) is 0 Å². The molecule has 1 saturated heterocycles. The maximum absolute atomic E-state index is 12.8. The molecule has 5 heteroatoms. The maximum Gasteiger partial charge on any atom is 0.249 e. The lowest BCUT2D eigenvalue weighted by Crippen LogP contribution is -2.38. The van der Waals surface area contributed by atoms with E-state index in [1.165, 1.54) is 22.4 Å². The van der Waals surface area contributed by atoms with Gasteiger partial charge in [0.25, 0.3) is 0 Å². The van der Waals surface area contributed by atoms with Crippen LogP contribution >= 0.6 is 0 Å². The van der Waals surface area contributed by atoms with Crippen LogP contribution in [0.15, 0.2) is 79.1 Å². The number of benzene rings is 2. The third-order valence-corrected chi connectivity index (χ3v) is 6.42. The summed E-state index contributed by atoms with van der Waals surface area (Å²) in [6.07, 6.45) is 4.66. The Labute approximate surface area is 183 Å². The van der Waals surface area contributed by atoms with Crippen molar-refractivity contribution in [3.8, 4) is 0 Å². The molecule has 0 aliphatic carbocycles. The molecule has 1 spiro atoms. The molecule has 0 bridgehead atoms. The number of nitrogens with zero attached hydrogens (tertiary/aromatic N) is 2. The van der Waals surface area contributed by atoms with Crippen LogP contribution in [0.25, 0.3) is 0 Å². The summed E-state index contributed by atoms with van der Waals surface area (Å²) in [4.78, 5) is 19.3. The molecule has 2 aromatic carbocycles. The second kappa shape index (κ2) is 8.52. The molecule has 1 amide bonds. The smallest absolute Gasteiger partial charge is 0.249 e. The zero-order chi connectivity index (χ0) is 21.1. The largest absolute Gasteiger partial charge is 0.367 e. The van der Waals surface area contributed by atoms with Gasteiger partial charge in [0, 0.05) is 43.1 Å². The Morgan fingerprint density at radius 1 is 1.03 bits per heavy atom. The van der Waals surface area contributed by atoms with Gasteiger partial charge in [0.2, 0.25) is 5.91 Å². The van der Waals surface area contributed by atoms with E-state index in [-0.39, 0.29) is 11.3 Å². The van der Waals surface area contributed by atoms with E-state index in [9.17, 15) is 4.79 Å². The Morgan fingerprint density at radius 2 is 1.81 bits per heavy atom. The molecule has 2 atom stereocenters. The number of hydrogen-bond acceptors (Lipinski definition) is 4. The van der Waals surface area contributed by atoms with E-state index in [0.717, 1.165) is 25.9 Å². The van der Waals surface area contributed by atoms with Crippen molar-refractivity contribution in [3.63, 3.8) is 0 Å². The van der Waals surface area contributed by atoms with Gasteiger partial charge in [-0.3, -0.25) is 9.78 Å². The van der Waals surface area contributed by atoms with E-state index in [1.807, 2.05) is 18.2 Å². The lowest BCUT2D eigenvalue weighted by molar-refractivity contribution is -0.129. The fraction of sp³-hybridized carbons (Fsp3) is 0.308. The quantitative estimate of drug-likeness (QED) is 0.672. The van der Waals surface area contributed by atoms with Crippen LogP contribution in [0.3, 0.4) is 0 Å². The highest BCUT2D eigenvalue weighted by Gasteiger charge is 2.50. The van der Waals surface area contributed by atoms with Crippen LogP contribution in [-0.4, -0.2) is 36.7 Å². The molecule has 0 unspecified atom stereocenters. The van der Waals surface area contributed by atoms with Gasteiger partial charge >= 0.3 is 0 Å². The van der Waals surface area contributed by atoms with E-state index < -0.39 is 6.10 Å². The third-order valence-electron chi connectivity index (χ3n) is 6.42. The topological polar surface area (TPSA) is 54.5 Å². The van der Waals surface area contributed by atoms with Gasteiger partial charge in [-0.05, 0) is 47.7 Å². The average molecular weight is 414 g/mol. The van der Waals surface area contributed by atoms with Gasteiger partial charge in [0.15, 0.2) is 0 Å². The molecule has 2 aliphatic rings. The Bertz CT molecular complexity index is 1040. The predicted octanol–water partition coefficient (Wildman–Crippen LogP) is 3.49. The summed E-state index contributed by atoms with van der Waals surface area (Å²) in [5.41, 5.74) is 4.89. The standard InChI is InChI=1S/C26H27N3O2/c30-25(28-15-12-20-10-13-27-14-11-20)24-16-26(19-31-24)18-29(17-21-6-2-1-3-7-21)23-9-5-4-8-22(23)26/h1-11,13-14,24H,12,15-19H2,(H,28,30)/t24-,26-/m0/s1. The van der Waals surface area contributed by atoms with Crippen LogP contribution in [0.5, 0.6) is 0 Å². The highest BCUT2D eigenvalue weighted by atomic mass is 16.5. The van der Waals surface area contributed by atoms with Crippen LogP contribution in [0.4, 0.5) is 5.69 Å². The predicted molar refractivity (Wildman–Crippen MR) is 121 cm³/mol. The number of ether oxygens (including phenoxy) is 1. The van der Waals surface area contributed by atoms with E-state index >= 15 is 0 Å². The van der Waals surface area contributed by atoms with E-state index in [4.69, 9.17) is 4.74 Å². The van der Waals surface area contributed by atoms with Crippen molar-refractivity contribution in [1.82, 2.24) is 10.3 Å². The number of hydrogen-bond donors (Lipinski definition) is 1. The van der Waals surface area contributed by atoms with Crippen LogP contribution in [0, 0.1) is 0 Å². The number of amides is 1. The monoisotopic (exact) mass is 413 g/mol. The molecule has 5 nitrogen and oxygen atoms in total. The molecule has 2 aliphatic heterocycles. The first-order valence-electron chi connectivity index (χ1n) is 10.9. The molecule has 5 rings (SSSR count). The molecule has 1 fully saturated rings. The minimum atomic E-state index is -0.401. The lowest BCUT2D eigenvalue weighted by atomic mass is 9.80. The summed E-state index contributed by atoms with van der Waals surface area (Å²) in [5, 5.41) is 3.06. The van der Waals surface area contributed by atoms with Gasteiger partial charge in [-0.1, -0.05) is 48.5 Å². The molecule has 1 N–H and O–H groups in total. The van der Waals surface area contributed by atoms with Crippen LogP contribution < -0.4 is 10.2 Å². The third kappa shape index (κ3) is 4.06. The molecular formula is C26H27N3O2. The highest BCUT2D eigenvalue weighted by molar-refractivity contribution is 5.81. The van der Waals surface area contributed by atoms with E-state index in [1.54, 1.807) is 12.4 Å². The number of para-hydroxylation sites is 1. The first-order chi connectivity index (χ1) is 15.2. The maximum atomic E-state index is 12.8. The SMILES string of the molecule is O=C(NCCc1ccncc1)[C@@H]1C[C@@]2(CO1)CN(Cc1ccccc1)c1ccccc12. The van der Waals surface area contributed by atoms with E-state index in [2.05, 4.69) is 63.7 Å². The van der Waals surface area contributed by atoms with Crippen LogP contribution in [0.1, 0.15) is 23.1 Å². The van der Waals surface area contributed by atoms with Gasteiger partial charge in [0.05, 0.1) is 6.61 Å². The Hall–Kier alpha value is -3.18. The number of aromatic nitrogens is 1. The molecule has 31 heavy (non-hydrogen) atoms. The Morgan fingerprint density at radius 3 is 2.65 bits per heavy atom. The van der Waals surface area contributed by atoms with Gasteiger partial charge in [-0.25, -0.2) is 0 Å². The number of carbonyl (C=O) groups excluding carboxylic acids is 1. The van der Waals surface area contributed by atoms with Crippen molar-refractivity contribution < 1.29 is 9.53 Å². The van der Waals surface area contributed by atoms with Crippen LogP contribution in [-0.2, 0) is 27.9 Å². The normalized spacial score (nSPS) is 21.9. The molecule has 158 valence electrons. The zero-order valence-electron chi connectivity index (χ0n) is 17.5. The summed E-state index contributed by atoms with van der Waals surface area (Å²) < 4.78 is 6.06. The molecule has 0 saturated carbocycles. The fourth-order valence-electron chi connectivity index (χ4n) is 4.87. The molecule has 3 aromatic rings. The Balaban J connectivity index is 1.25. The molecular weight excluding hydrogens is 386 g/mol. The van der Waals surface area contributed by atoms with Crippen molar-refractivity contribution in [1.29, 1.82) is 0 Å². The Kier molecular flexibility index (Phi) is 5.43. The first-order valence-corrected chi connectivity index (χ1v) is 10.9. The zero-order valence-corrected chi connectivity index (χ0v) is 17.5. The number of rotatable bonds is 6. The second-order valence-electron chi connectivity index (χ2n) is 8.54. The van der Waals surface area contributed by atoms with Gasteiger partial charge in [-0.15, -0.1) is 0 Å². The summed E-state index contributed by atoms with van der Waals surface area (Å²) in [7, 11) is 0. The summed E-state index contributed by atoms with van der Waals surface area (Å²) in [6.45, 7) is 2.93. The number of carbonyl (C=O) groups is 1. The minimum Gasteiger partial charge on any atom is -0.367 e.